The molecule has 1 rings (SSSR count). The maximum atomic E-state index is 12.1. The maximum absolute atomic E-state index is 12.1. The van der Waals surface area contributed by atoms with Gasteiger partial charge in [-0.05, 0) is 37.1 Å². The largest absolute Gasteiger partial charge is 0.435 e. The lowest BCUT2D eigenvalue weighted by atomic mass is 10.0. The van der Waals surface area contributed by atoms with E-state index in [1.807, 2.05) is 6.92 Å². The zero-order chi connectivity index (χ0) is 15.9. The predicted octanol–water partition coefficient (Wildman–Crippen LogP) is 2.76. The van der Waals surface area contributed by atoms with Crippen LogP contribution in [0, 0.1) is 0 Å². The van der Waals surface area contributed by atoms with Crippen LogP contribution in [0.5, 0.6) is 5.75 Å². The number of nitrogens with one attached hydrogen (secondary N) is 1. The Bertz CT molecular complexity index is 518. The Balaban J connectivity index is 2.77. The Morgan fingerprint density at radius 3 is 2.33 bits per heavy atom. The predicted molar refractivity (Wildman–Crippen MR) is 78.4 cm³/mol. The molecular formula is C14H21F2NO3S. The number of benzene rings is 1. The van der Waals surface area contributed by atoms with Crippen LogP contribution in [0.1, 0.15) is 31.4 Å². The topological polar surface area (TPSA) is 55.4 Å². The highest BCUT2D eigenvalue weighted by molar-refractivity contribution is 7.90. The highest BCUT2D eigenvalue weighted by atomic mass is 32.2. The van der Waals surface area contributed by atoms with E-state index in [-0.39, 0.29) is 17.5 Å². The summed E-state index contributed by atoms with van der Waals surface area (Å²) in [6.45, 7) is -0.0840. The summed E-state index contributed by atoms with van der Waals surface area (Å²) in [5.41, 5.74) is 0.855. The molecule has 21 heavy (non-hydrogen) atoms. The van der Waals surface area contributed by atoms with Gasteiger partial charge in [0.2, 0.25) is 0 Å². The fraction of sp³-hybridized carbons (Fsp3) is 0.571. The third-order valence-corrected chi connectivity index (χ3v) is 3.90. The fourth-order valence-corrected chi connectivity index (χ4v) is 2.58. The molecule has 1 atom stereocenters. The highest BCUT2D eigenvalue weighted by Crippen LogP contribution is 2.22. The Hall–Kier alpha value is -1.21. The first-order chi connectivity index (χ1) is 9.81. The molecule has 0 saturated carbocycles. The third kappa shape index (κ3) is 7.38. The second kappa shape index (κ2) is 8.29. The van der Waals surface area contributed by atoms with Crippen LogP contribution in [0.25, 0.3) is 0 Å². The monoisotopic (exact) mass is 321 g/mol. The number of alkyl halides is 2. The van der Waals surface area contributed by atoms with Crippen molar-refractivity contribution < 1.29 is 21.9 Å². The van der Waals surface area contributed by atoms with Crippen LogP contribution in [-0.2, 0) is 9.84 Å². The van der Waals surface area contributed by atoms with E-state index in [1.54, 1.807) is 12.1 Å². The number of hydrogen-bond donors (Lipinski definition) is 1. The van der Waals surface area contributed by atoms with Crippen molar-refractivity contribution in [2.24, 2.45) is 0 Å². The van der Waals surface area contributed by atoms with Crippen molar-refractivity contribution in [1.82, 2.24) is 5.32 Å². The van der Waals surface area contributed by atoms with Gasteiger partial charge in [-0.1, -0.05) is 19.1 Å². The first-order valence-electron chi connectivity index (χ1n) is 6.77. The zero-order valence-electron chi connectivity index (χ0n) is 12.2. The zero-order valence-corrected chi connectivity index (χ0v) is 13.0. The quantitative estimate of drug-likeness (QED) is 0.760. The number of halogens is 2. The van der Waals surface area contributed by atoms with Gasteiger partial charge in [0.15, 0.2) is 0 Å². The minimum absolute atomic E-state index is 0.0731. The summed E-state index contributed by atoms with van der Waals surface area (Å²) < 4.78 is 51.1. The van der Waals surface area contributed by atoms with Crippen molar-refractivity contribution in [1.29, 1.82) is 0 Å². The van der Waals surface area contributed by atoms with E-state index in [2.05, 4.69) is 10.1 Å². The standard InChI is InChI=1S/C14H21F2NO3S/c1-3-9-17-13(8-10-21(2,18)19)11-4-6-12(7-5-11)20-14(15)16/h4-7,13-14,17H,3,8-10H2,1-2H3. The van der Waals surface area contributed by atoms with Crippen molar-refractivity contribution in [3.8, 4) is 5.75 Å². The Morgan fingerprint density at radius 2 is 1.86 bits per heavy atom. The van der Waals surface area contributed by atoms with Gasteiger partial charge in [0.1, 0.15) is 15.6 Å². The summed E-state index contributed by atoms with van der Waals surface area (Å²) in [6, 6.07) is 6.14. The third-order valence-electron chi connectivity index (χ3n) is 2.93. The minimum Gasteiger partial charge on any atom is -0.435 e. The average molecular weight is 321 g/mol. The summed E-state index contributed by atoms with van der Waals surface area (Å²) in [7, 11) is -3.04. The van der Waals surface area contributed by atoms with Crippen LogP contribution in [0.2, 0.25) is 0 Å². The van der Waals surface area contributed by atoms with Crippen molar-refractivity contribution >= 4 is 9.84 Å². The highest BCUT2D eigenvalue weighted by Gasteiger charge is 2.14. The molecule has 0 aliphatic heterocycles. The molecule has 0 spiro atoms. The van der Waals surface area contributed by atoms with Crippen molar-refractivity contribution in [3.05, 3.63) is 29.8 Å². The van der Waals surface area contributed by atoms with E-state index >= 15 is 0 Å². The van der Waals surface area contributed by atoms with Gasteiger partial charge < -0.3 is 10.1 Å². The molecule has 4 nitrogen and oxygen atoms in total. The van der Waals surface area contributed by atoms with Gasteiger partial charge in [-0.15, -0.1) is 0 Å². The smallest absolute Gasteiger partial charge is 0.387 e. The lowest BCUT2D eigenvalue weighted by molar-refractivity contribution is -0.0498. The molecular weight excluding hydrogens is 300 g/mol. The molecule has 1 N–H and O–H groups in total. The molecule has 0 bridgehead atoms. The molecule has 0 saturated heterocycles. The van der Waals surface area contributed by atoms with E-state index < -0.39 is 16.4 Å². The lowest BCUT2D eigenvalue weighted by Crippen LogP contribution is -2.24. The van der Waals surface area contributed by atoms with Crippen molar-refractivity contribution in [2.45, 2.75) is 32.4 Å². The van der Waals surface area contributed by atoms with E-state index in [0.29, 0.717) is 6.42 Å². The fourth-order valence-electron chi connectivity index (χ4n) is 1.92. The summed E-state index contributed by atoms with van der Waals surface area (Å²) in [5.74, 6) is 0.162. The average Bonchev–Trinajstić information content (AvgIpc) is 2.38. The van der Waals surface area contributed by atoms with Gasteiger partial charge in [-0.3, -0.25) is 0 Å². The van der Waals surface area contributed by atoms with Gasteiger partial charge in [-0.2, -0.15) is 8.78 Å². The molecule has 0 amide bonds. The van der Waals surface area contributed by atoms with E-state index in [1.165, 1.54) is 18.4 Å². The van der Waals surface area contributed by atoms with Crippen LogP contribution in [0.3, 0.4) is 0 Å². The molecule has 0 aliphatic carbocycles. The summed E-state index contributed by atoms with van der Waals surface area (Å²) >= 11 is 0. The molecule has 7 heteroatoms. The molecule has 0 aromatic heterocycles. The summed E-state index contributed by atoms with van der Waals surface area (Å²) in [4.78, 5) is 0. The molecule has 1 unspecified atom stereocenters. The van der Waals surface area contributed by atoms with Crippen molar-refractivity contribution in [3.63, 3.8) is 0 Å². The minimum atomic E-state index is -3.04. The van der Waals surface area contributed by atoms with E-state index in [4.69, 9.17) is 0 Å². The molecule has 120 valence electrons. The maximum Gasteiger partial charge on any atom is 0.387 e. The second-order valence-electron chi connectivity index (χ2n) is 4.87. The first-order valence-corrected chi connectivity index (χ1v) is 8.83. The first kappa shape index (κ1) is 17.8. The molecule has 0 heterocycles. The van der Waals surface area contributed by atoms with Gasteiger partial charge in [-0.25, -0.2) is 8.42 Å². The molecule has 1 aromatic rings. The number of sulfone groups is 1. The Kier molecular flexibility index (Phi) is 7.04. The number of ether oxygens (including phenoxy) is 1. The second-order valence-corrected chi connectivity index (χ2v) is 7.13. The SMILES string of the molecule is CCCNC(CCS(C)(=O)=O)c1ccc(OC(F)F)cc1. The van der Waals surface area contributed by atoms with Gasteiger partial charge in [0.25, 0.3) is 0 Å². The van der Waals surface area contributed by atoms with Crippen LogP contribution < -0.4 is 10.1 Å². The number of hydrogen-bond acceptors (Lipinski definition) is 4. The van der Waals surface area contributed by atoms with Crippen LogP contribution >= 0.6 is 0 Å². The normalized spacial score (nSPS) is 13.4. The molecule has 1 aromatic carbocycles. The molecule has 0 fully saturated rings. The Labute approximate surface area is 124 Å². The number of rotatable bonds is 9. The van der Waals surface area contributed by atoms with Crippen LogP contribution in [0.15, 0.2) is 24.3 Å². The van der Waals surface area contributed by atoms with Crippen molar-refractivity contribution in [2.75, 3.05) is 18.6 Å². The van der Waals surface area contributed by atoms with E-state index in [0.717, 1.165) is 18.5 Å². The molecule has 0 radical (unpaired) electrons. The summed E-state index contributed by atoms with van der Waals surface area (Å²) in [5, 5.41) is 3.27. The van der Waals surface area contributed by atoms with E-state index in [9.17, 15) is 17.2 Å². The van der Waals surface area contributed by atoms with Crippen LogP contribution in [-0.4, -0.2) is 33.6 Å². The Morgan fingerprint density at radius 1 is 1.24 bits per heavy atom. The lowest BCUT2D eigenvalue weighted by Gasteiger charge is -2.19. The van der Waals surface area contributed by atoms with Gasteiger partial charge >= 0.3 is 6.61 Å². The molecule has 0 aliphatic rings. The van der Waals surface area contributed by atoms with Gasteiger partial charge in [0, 0.05) is 12.3 Å². The van der Waals surface area contributed by atoms with Crippen LogP contribution in [0.4, 0.5) is 8.78 Å². The summed E-state index contributed by atoms with van der Waals surface area (Å²) in [6.07, 6.45) is 2.55. The van der Waals surface area contributed by atoms with Gasteiger partial charge in [0.05, 0.1) is 5.75 Å².